The smallest absolute Gasteiger partial charge is 0.119 e. The number of ether oxygens (including phenoxy) is 2. The van der Waals surface area contributed by atoms with Gasteiger partial charge in [0.1, 0.15) is 5.75 Å². The fraction of sp³-hybridized carbons (Fsp3) is 0.571. The third-order valence-electron chi connectivity index (χ3n) is 2.34. The molecule has 1 rings (SSSR count). The van der Waals surface area contributed by atoms with Crippen molar-refractivity contribution in [2.75, 3.05) is 26.4 Å². The van der Waals surface area contributed by atoms with Crippen LogP contribution in [0.3, 0.4) is 0 Å². The molecular weight excluding hydrogens is 214 g/mol. The minimum atomic E-state index is 0.715. The van der Waals surface area contributed by atoms with Crippen LogP contribution in [-0.4, -0.2) is 26.4 Å². The molecule has 1 aromatic rings. The second-order valence-corrected chi connectivity index (χ2v) is 3.87. The first-order chi connectivity index (χ1) is 8.36. The van der Waals surface area contributed by atoms with E-state index in [9.17, 15) is 0 Å². The molecule has 96 valence electrons. The summed E-state index contributed by atoms with van der Waals surface area (Å²) in [4.78, 5) is 0. The van der Waals surface area contributed by atoms with E-state index in [0.29, 0.717) is 6.61 Å². The molecule has 0 aliphatic carbocycles. The summed E-state index contributed by atoms with van der Waals surface area (Å²) in [6.07, 6.45) is 1.08. The van der Waals surface area contributed by atoms with E-state index >= 15 is 0 Å². The first-order valence-electron chi connectivity index (χ1n) is 6.37. The van der Waals surface area contributed by atoms with Crippen LogP contribution >= 0.6 is 0 Å². The summed E-state index contributed by atoms with van der Waals surface area (Å²) in [6.45, 7) is 8.23. The maximum absolute atomic E-state index is 5.39. The Morgan fingerprint density at radius 2 is 1.82 bits per heavy atom. The molecule has 0 unspecified atom stereocenters. The van der Waals surface area contributed by atoms with Gasteiger partial charge in [0.25, 0.3) is 0 Å². The molecule has 0 atom stereocenters. The van der Waals surface area contributed by atoms with Crippen molar-refractivity contribution in [3.63, 3.8) is 0 Å². The van der Waals surface area contributed by atoms with E-state index < -0.39 is 0 Å². The van der Waals surface area contributed by atoms with Crippen LogP contribution in [0.25, 0.3) is 0 Å². The van der Waals surface area contributed by atoms with Crippen molar-refractivity contribution in [2.24, 2.45) is 0 Å². The van der Waals surface area contributed by atoms with Gasteiger partial charge in [0.2, 0.25) is 0 Å². The van der Waals surface area contributed by atoms with E-state index in [1.165, 1.54) is 5.56 Å². The number of benzene rings is 1. The zero-order valence-electron chi connectivity index (χ0n) is 10.9. The lowest BCUT2D eigenvalue weighted by Gasteiger charge is -2.07. The van der Waals surface area contributed by atoms with E-state index in [1.807, 2.05) is 19.1 Å². The number of hydrogen-bond donors (Lipinski definition) is 1. The molecule has 1 N–H and O–H groups in total. The van der Waals surface area contributed by atoms with Crippen LogP contribution in [0.1, 0.15) is 25.8 Å². The zero-order valence-corrected chi connectivity index (χ0v) is 10.9. The highest BCUT2D eigenvalue weighted by Crippen LogP contribution is 2.11. The van der Waals surface area contributed by atoms with Crippen molar-refractivity contribution in [2.45, 2.75) is 26.8 Å². The first-order valence-corrected chi connectivity index (χ1v) is 6.37. The zero-order chi connectivity index (χ0) is 12.3. The predicted octanol–water partition coefficient (Wildman–Crippen LogP) is 2.60. The fourth-order valence-electron chi connectivity index (χ4n) is 1.49. The monoisotopic (exact) mass is 237 g/mol. The van der Waals surface area contributed by atoms with Gasteiger partial charge >= 0.3 is 0 Å². The molecule has 0 amide bonds. The van der Waals surface area contributed by atoms with Gasteiger partial charge in [-0.25, -0.2) is 0 Å². The molecule has 0 aliphatic heterocycles. The highest BCUT2D eigenvalue weighted by Gasteiger charge is 1.94. The maximum atomic E-state index is 5.39. The van der Waals surface area contributed by atoms with Crippen molar-refractivity contribution < 1.29 is 9.47 Å². The average molecular weight is 237 g/mol. The molecule has 0 saturated heterocycles. The van der Waals surface area contributed by atoms with Crippen molar-refractivity contribution in [3.8, 4) is 5.75 Å². The molecule has 1 aromatic carbocycles. The second kappa shape index (κ2) is 9.02. The lowest BCUT2D eigenvalue weighted by Crippen LogP contribution is -2.19. The molecule has 0 fully saturated rings. The van der Waals surface area contributed by atoms with Gasteiger partial charge in [0.15, 0.2) is 0 Å². The first kappa shape index (κ1) is 14.0. The molecule has 0 radical (unpaired) electrons. The third kappa shape index (κ3) is 6.29. The lowest BCUT2D eigenvalue weighted by molar-refractivity contribution is 0.136. The Kier molecular flexibility index (Phi) is 7.43. The molecule has 0 aliphatic rings. The SMILES string of the molecule is CCCOCCNCc1ccc(OCC)cc1. The highest BCUT2D eigenvalue weighted by atomic mass is 16.5. The fourth-order valence-corrected chi connectivity index (χ4v) is 1.49. The Bertz CT molecular complexity index is 285. The molecule has 0 heterocycles. The van der Waals surface area contributed by atoms with Crippen LogP contribution in [-0.2, 0) is 11.3 Å². The summed E-state index contributed by atoms with van der Waals surface area (Å²) in [5, 5.41) is 3.35. The highest BCUT2D eigenvalue weighted by molar-refractivity contribution is 5.27. The van der Waals surface area contributed by atoms with E-state index in [4.69, 9.17) is 9.47 Å². The lowest BCUT2D eigenvalue weighted by atomic mass is 10.2. The van der Waals surface area contributed by atoms with Crippen LogP contribution in [0.4, 0.5) is 0 Å². The van der Waals surface area contributed by atoms with Gasteiger partial charge in [-0.15, -0.1) is 0 Å². The van der Waals surface area contributed by atoms with Crippen molar-refractivity contribution >= 4 is 0 Å². The van der Waals surface area contributed by atoms with Crippen molar-refractivity contribution in [1.82, 2.24) is 5.32 Å². The van der Waals surface area contributed by atoms with Crippen LogP contribution in [0.2, 0.25) is 0 Å². The Labute approximate surface area is 104 Å². The topological polar surface area (TPSA) is 30.5 Å². The van der Waals surface area contributed by atoms with Gasteiger partial charge in [-0.1, -0.05) is 19.1 Å². The van der Waals surface area contributed by atoms with Crippen molar-refractivity contribution in [1.29, 1.82) is 0 Å². The van der Waals surface area contributed by atoms with E-state index in [2.05, 4.69) is 24.4 Å². The normalized spacial score (nSPS) is 10.5. The van der Waals surface area contributed by atoms with Gasteiger partial charge in [0.05, 0.1) is 13.2 Å². The summed E-state index contributed by atoms with van der Waals surface area (Å²) in [5.74, 6) is 0.933. The molecule has 0 spiro atoms. The standard InChI is InChI=1S/C14H23NO2/c1-3-10-16-11-9-15-12-13-5-7-14(8-6-13)17-4-2/h5-8,15H,3-4,9-12H2,1-2H3. The maximum Gasteiger partial charge on any atom is 0.119 e. The molecule has 17 heavy (non-hydrogen) atoms. The summed E-state index contributed by atoms with van der Waals surface area (Å²) in [7, 11) is 0. The van der Waals surface area contributed by atoms with E-state index in [0.717, 1.165) is 38.5 Å². The van der Waals surface area contributed by atoms with Crippen molar-refractivity contribution in [3.05, 3.63) is 29.8 Å². The average Bonchev–Trinajstić information content (AvgIpc) is 2.36. The van der Waals surface area contributed by atoms with E-state index in [-0.39, 0.29) is 0 Å². The Morgan fingerprint density at radius 1 is 1.06 bits per heavy atom. The summed E-state index contributed by atoms with van der Waals surface area (Å²) in [5.41, 5.74) is 1.27. The number of hydrogen-bond acceptors (Lipinski definition) is 3. The number of nitrogens with one attached hydrogen (secondary N) is 1. The minimum absolute atomic E-state index is 0.715. The molecule has 0 saturated carbocycles. The number of rotatable bonds is 9. The Hall–Kier alpha value is -1.06. The van der Waals surface area contributed by atoms with Gasteiger partial charge in [-0.05, 0) is 31.0 Å². The Morgan fingerprint density at radius 3 is 2.47 bits per heavy atom. The van der Waals surface area contributed by atoms with Gasteiger partial charge < -0.3 is 14.8 Å². The third-order valence-corrected chi connectivity index (χ3v) is 2.34. The molecule has 0 bridgehead atoms. The Balaban J connectivity index is 2.14. The molecule has 0 aromatic heterocycles. The van der Waals surface area contributed by atoms with Crippen LogP contribution in [0, 0.1) is 0 Å². The van der Waals surface area contributed by atoms with Crippen LogP contribution in [0.15, 0.2) is 24.3 Å². The molecular formula is C14H23NO2. The minimum Gasteiger partial charge on any atom is -0.494 e. The van der Waals surface area contributed by atoms with E-state index in [1.54, 1.807) is 0 Å². The quantitative estimate of drug-likeness (QED) is 0.670. The largest absolute Gasteiger partial charge is 0.494 e. The van der Waals surface area contributed by atoms with Gasteiger partial charge in [0, 0.05) is 19.7 Å². The molecule has 3 heteroatoms. The summed E-state index contributed by atoms with van der Waals surface area (Å²) in [6, 6.07) is 8.19. The van der Waals surface area contributed by atoms with Gasteiger partial charge in [-0.3, -0.25) is 0 Å². The summed E-state index contributed by atoms with van der Waals surface area (Å²) >= 11 is 0. The summed E-state index contributed by atoms with van der Waals surface area (Å²) < 4.78 is 10.8. The van der Waals surface area contributed by atoms with Gasteiger partial charge in [-0.2, -0.15) is 0 Å². The van der Waals surface area contributed by atoms with Crippen LogP contribution in [0.5, 0.6) is 5.75 Å². The molecule has 3 nitrogen and oxygen atoms in total. The predicted molar refractivity (Wildman–Crippen MR) is 70.4 cm³/mol. The second-order valence-electron chi connectivity index (χ2n) is 3.87. The van der Waals surface area contributed by atoms with Crippen LogP contribution < -0.4 is 10.1 Å².